The Labute approximate surface area is 129 Å². The van der Waals surface area contributed by atoms with Crippen LogP contribution in [0, 0.1) is 11.3 Å². The van der Waals surface area contributed by atoms with Gasteiger partial charge >= 0.3 is 5.97 Å². The Morgan fingerprint density at radius 1 is 1.33 bits per heavy atom. The lowest BCUT2D eigenvalue weighted by Gasteiger charge is -2.26. The minimum Gasteiger partial charge on any atom is -0.462 e. The molecule has 2 rings (SSSR count). The topological polar surface area (TPSA) is 79.3 Å². The van der Waals surface area contributed by atoms with Gasteiger partial charge in [0.1, 0.15) is 21.5 Å². The molecule has 5 nitrogen and oxygen atoms in total. The minimum absolute atomic E-state index is 0.262. The molecule has 2 heterocycles. The molecule has 21 heavy (non-hydrogen) atoms. The van der Waals surface area contributed by atoms with Crippen LogP contribution in [0.3, 0.4) is 0 Å². The summed E-state index contributed by atoms with van der Waals surface area (Å²) in [5.41, 5.74) is 6.62. The Balaban J connectivity index is 2.36. The standard InChI is InChI=1S/C15H21N3O2S/c1-2-20-15(19)12-13(17)11(10-16)21-14(12)18-8-6-4-3-5-7-9-18/h2-9,17H2,1H3. The fourth-order valence-corrected chi connectivity index (χ4v) is 3.65. The number of thiophene rings is 1. The molecule has 6 heteroatoms. The number of carbonyl (C=O) groups excluding carboxylic acids is 1. The molecule has 0 aromatic carbocycles. The monoisotopic (exact) mass is 307 g/mol. The zero-order valence-corrected chi connectivity index (χ0v) is 13.2. The van der Waals surface area contributed by atoms with Crippen molar-refractivity contribution in [2.24, 2.45) is 0 Å². The van der Waals surface area contributed by atoms with Gasteiger partial charge in [-0.1, -0.05) is 19.3 Å². The van der Waals surface area contributed by atoms with E-state index < -0.39 is 5.97 Å². The number of rotatable bonds is 3. The summed E-state index contributed by atoms with van der Waals surface area (Å²) in [6.45, 7) is 3.87. The first kappa shape index (κ1) is 15.6. The molecule has 1 aromatic heterocycles. The number of nitriles is 1. The van der Waals surface area contributed by atoms with Crippen molar-refractivity contribution in [1.29, 1.82) is 5.26 Å². The fourth-order valence-electron chi connectivity index (χ4n) is 2.59. The minimum atomic E-state index is -0.426. The third-order valence-corrected chi connectivity index (χ3v) is 4.82. The molecular weight excluding hydrogens is 286 g/mol. The van der Waals surface area contributed by atoms with Crippen molar-refractivity contribution >= 4 is 28.0 Å². The highest BCUT2D eigenvalue weighted by Crippen LogP contribution is 2.39. The van der Waals surface area contributed by atoms with E-state index in [2.05, 4.69) is 11.0 Å². The molecule has 0 radical (unpaired) electrons. The lowest BCUT2D eigenvalue weighted by Crippen LogP contribution is -2.28. The zero-order chi connectivity index (χ0) is 15.2. The van der Waals surface area contributed by atoms with Crippen LogP contribution in [0.25, 0.3) is 0 Å². The molecule has 0 unspecified atom stereocenters. The summed E-state index contributed by atoms with van der Waals surface area (Å²) in [7, 11) is 0. The van der Waals surface area contributed by atoms with Crippen LogP contribution >= 0.6 is 11.3 Å². The summed E-state index contributed by atoms with van der Waals surface area (Å²) < 4.78 is 5.11. The predicted molar refractivity (Wildman–Crippen MR) is 84.7 cm³/mol. The van der Waals surface area contributed by atoms with Gasteiger partial charge in [-0.2, -0.15) is 5.26 Å². The highest BCUT2D eigenvalue weighted by atomic mass is 32.1. The van der Waals surface area contributed by atoms with E-state index in [1.54, 1.807) is 6.92 Å². The van der Waals surface area contributed by atoms with Gasteiger partial charge in [0.2, 0.25) is 0 Å². The van der Waals surface area contributed by atoms with Crippen molar-refractivity contribution in [3.05, 3.63) is 10.4 Å². The Hall–Kier alpha value is -1.74. The van der Waals surface area contributed by atoms with Crippen LogP contribution in [-0.4, -0.2) is 25.7 Å². The molecule has 2 N–H and O–H groups in total. The van der Waals surface area contributed by atoms with Crippen LogP contribution in [-0.2, 0) is 4.74 Å². The third-order valence-electron chi connectivity index (χ3n) is 3.65. The Bertz CT molecular complexity index is 540. The summed E-state index contributed by atoms with van der Waals surface area (Å²) in [5, 5.41) is 9.97. The summed E-state index contributed by atoms with van der Waals surface area (Å²) >= 11 is 1.30. The van der Waals surface area contributed by atoms with Crippen molar-refractivity contribution in [3.63, 3.8) is 0 Å². The molecule has 1 aliphatic heterocycles. The van der Waals surface area contributed by atoms with E-state index in [-0.39, 0.29) is 5.69 Å². The van der Waals surface area contributed by atoms with E-state index in [4.69, 9.17) is 10.5 Å². The smallest absolute Gasteiger partial charge is 0.343 e. The van der Waals surface area contributed by atoms with Gasteiger partial charge in [0.05, 0.1) is 12.3 Å². The third kappa shape index (κ3) is 3.48. The zero-order valence-electron chi connectivity index (χ0n) is 12.4. The average Bonchev–Trinajstić information content (AvgIpc) is 2.75. The van der Waals surface area contributed by atoms with Gasteiger partial charge in [-0.15, -0.1) is 11.3 Å². The van der Waals surface area contributed by atoms with Gasteiger partial charge in [-0.25, -0.2) is 4.79 Å². The summed E-state index contributed by atoms with van der Waals surface area (Å²) in [6, 6.07) is 2.08. The van der Waals surface area contributed by atoms with Gasteiger partial charge in [0.15, 0.2) is 0 Å². The number of hydrogen-bond donors (Lipinski definition) is 1. The van der Waals surface area contributed by atoms with E-state index in [9.17, 15) is 10.1 Å². The van der Waals surface area contributed by atoms with Crippen LogP contribution in [0.1, 0.15) is 54.3 Å². The van der Waals surface area contributed by atoms with Crippen LogP contribution in [0.4, 0.5) is 10.7 Å². The van der Waals surface area contributed by atoms with Crippen molar-refractivity contribution in [3.8, 4) is 6.07 Å². The van der Waals surface area contributed by atoms with Crippen LogP contribution in [0.15, 0.2) is 0 Å². The molecule has 1 aromatic rings. The Kier molecular flexibility index (Phi) is 5.45. The van der Waals surface area contributed by atoms with Crippen molar-refractivity contribution < 1.29 is 9.53 Å². The maximum Gasteiger partial charge on any atom is 0.343 e. The molecule has 1 saturated heterocycles. The van der Waals surface area contributed by atoms with E-state index in [1.807, 2.05) is 0 Å². The summed E-state index contributed by atoms with van der Waals surface area (Å²) in [5.74, 6) is -0.426. The van der Waals surface area contributed by atoms with Gasteiger partial charge in [-0.05, 0) is 19.8 Å². The second kappa shape index (κ2) is 7.32. The molecule has 0 spiro atoms. The first-order chi connectivity index (χ1) is 10.2. The van der Waals surface area contributed by atoms with Crippen LogP contribution < -0.4 is 10.6 Å². The highest BCUT2D eigenvalue weighted by Gasteiger charge is 2.26. The number of carbonyl (C=O) groups is 1. The number of nitrogen functional groups attached to an aromatic ring is 1. The second-order valence-corrected chi connectivity index (χ2v) is 6.11. The molecule has 1 fully saturated rings. The van der Waals surface area contributed by atoms with Gasteiger partial charge in [-0.3, -0.25) is 0 Å². The van der Waals surface area contributed by atoms with Crippen molar-refractivity contribution in [2.75, 3.05) is 30.3 Å². The van der Waals surface area contributed by atoms with Crippen molar-refractivity contribution in [2.45, 2.75) is 39.0 Å². The van der Waals surface area contributed by atoms with Gasteiger partial charge in [0.25, 0.3) is 0 Å². The maximum absolute atomic E-state index is 12.2. The Morgan fingerprint density at radius 3 is 2.52 bits per heavy atom. The van der Waals surface area contributed by atoms with Crippen LogP contribution in [0.2, 0.25) is 0 Å². The van der Waals surface area contributed by atoms with Gasteiger partial charge < -0.3 is 15.4 Å². The molecule has 0 atom stereocenters. The van der Waals surface area contributed by atoms with E-state index >= 15 is 0 Å². The van der Waals surface area contributed by atoms with E-state index in [0.717, 1.165) is 30.9 Å². The Morgan fingerprint density at radius 2 is 1.95 bits per heavy atom. The molecule has 114 valence electrons. The predicted octanol–water partition coefficient (Wildman–Crippen LogP) is 3.15. The van der Waals surface area contributed by atoms with Gasteiger partial charge in [0, 0.05) is 13.1 Å². The molecule has 1 aliphatic rings. The SMILES string of the molecule is CCOC(=O)c1c(N2CCCCCCC2)sc(C#N)c1N. The molecule has 0 saturated carbocycles. The molecule has 0 aliphatic carbocycles. The second-order valence-electron chi connectivity index (χ2n) is 5.11. The van der Waals surface area contributed by atoms with Crippen LogP contribution in [0.5, 0.6) is 0 Å². The number of anilines is 2. The van der Waals surface area contributed by atoms with E-state index in [0.29, 0.717) is 17.0 Å². The van der Waals surface area contributed by atoms with Crippen molar-refractivity contribution in [1.82, 2.24) is 0 Å². The highest BCUT2D eigenvalue weighted by molar-refractivity contribution is 7.17. The van der Waals surface area contributed by atoms with E-state index in [1.165, 1.54) is 30.6 Å². The maximum atomic E-state index is 12.2. The lowest BCUT2D eigenvalue weighted by molar-refractivity contribution is 0.0529. The molecule has 0 amide bonds. The molecule has 0 bridgehead atoms. The quantitative estimate of drug-likeness (QED) is 0.868. The summed E-state index contributed by atoms with van der Waals surface area (Å²) in [4.78, 5) is 14.8. The molecular formula is C15H21N3O2S. The average molecular weight is 307 g/mol. The first-order valence-electron chi connectivity index (χ1n) is 7.43. The number of hydrogen-bond acceptors (Lipinski definition) is 6. The number of esters is 1. The number of ether oxygens (including phenoxy) is 1. The number of nitrogens with zero attached hydrogens (tertiary/aromatic N) is 2. The lowest BCUT2D eigenvalue weighted by atomic mass is 10.1. The fraction of sp³-hybridized carbons (Fsp3) is 0.600. The largest absolute Gasteiger partial charge is 0.462 e. The normalized spacial score (nSPS) is 15.9. The number of nitrogens with two attached hydrogens (primary N) is 1. The summed E-state index contributed by atoms with van der Waals surface area (Å²) in [6.07, 6.45) is 5.88. The first-order valence-corrected chi connectivity index (χ1v) is 8.25.